The molecule has 27 heavy (non-hydrogen) atoms. The molecular weight excluding hydrogens is 341 g/mol. The highest BCUT2D eigenvalue weighted by molar-refractivity contribution is 5.74. The number of carbonyl (C=O) groups excluding carboxylic acids is 1. The van der Waals surface area contributed by atoms with Gasteiger partial charge < -0.3 is 15.1 Å². The highest BCUT2D eigenvalue weighted by Crippen LogP contribution is 2.26. The van der Waals surface area contributed by atoms with E-state index in [2.05, 4.69) is 42.3 Å². The summed E-state index contributed by atoms with van der Waals surface area (Å²) in [6, 6.07) is 13.1. The lowest BCUT2D eigenvalue weighted by atomic mass is 10.0. The van der Waals surface area contributed by atoms with Gasteiger partial charge in [0.05, 0.1) is 0 Å². The van der Waals surface area contributed by atoms with Gasteiger partial charge in [0.25, 0.3) is 0 Å². The maximum atomic E-state index is 13.6. The molecular formula is C22H28FN3O. The van der Waals surface area contributed by atoms with E-state index in [-0.39, 0.29) is 11.8 Å². The van der Waals surface area contributed by atoms with Crippen LogP contribution in [0.4, 0.5) is 14.9 Å². The van der Waals surface area contributed by atoms with Crippen LogP contribution >= 0.6 is 0 Å². The van der Waals surface area contributed by atoms with Gasteiger partial charge >= 0.3 is 6.03 Å². The van der Waals surface area contributed by atoms with Gasteiger partial charge in [-0.3, -0.25) is 0 Å². The van der Waals surface area contributed by atoms with Crippen molar-refractivity contribution < 1.29 is 9.18 Å². The van der Waals surface area contributed by atoms with Gasteiger partial charge in [-0.25, -0.2) is 9.18 Å². The molecule has 1 aliphatic heterocycles. The lowest BCUT2D eigenvalue weighted by molar-refractivity contribution is 0.194. The third kappa shape index (κ3) is 4.59. The Bertz CT molecular complexity index is 785. The molecule has 0 saturated carbocycles. The molecule has 2 aromatic carbocycles. The molecule has 3 rings (SSSR count). The molecule has 1 N–H and O–H groups in total. The second-order valence-corrected chi connectivity index (χ2v) is 6.98. The number of benzene rings is 2. The van der Waals surface area contributed by atoms with Gasteiger partial charge in [0, 0.05) is 38.4 Å². The van der Waals surface area contributed by atoms with Crippen molar-refractivity contribution in [2.75, 3.05) is 37.6 Å². The third-order valence-electron chi connectivity index (χ3n) is 5.21. The van der Waals surface area contributed by atoms with Crippen molar-refractivity contribution in [1.82, 2.24) is 10.2 Å². The van der Waals surface area contributed by atoms with Gasteiger partial charge in [0.1, 0.15) is 5.82 Å². The van der Waals surface area contributed by atoms with Crippen LogP contribution in [0.5, 0.6) is 0 Å². The van der Waals surface area contributed by atoms with E-state index in [4.69, 9.17) is 0 Å². The molecule has 144 valence electrons. The normalized spacial score (nSPS) is 14.3. The summed E-state index contributed by atoms with van der Waals surface area (Å²) in [4.78, 5) is 16.6. The number of hydrogen-bond acceptors (Lipinski definition) is 2. The smallest absolute Gasteiger partial charge is 0.317 e. The topological polar surface area (TPSA) is 35.6 Å². The van der Waals surface area contributed by atoms with Crippen LogP contribution in [0, 0.1) is 12.7 Å². The van der Waals surface area contributed by atoms with E-state index in [1.807, 2.05) is 11.0 Å². The maximum absolute atomic E-state index is 13.6. The number of carbonyl (C=O) groups is 1. The van der Waals surface area contributed by atoms with Gasteiger partial charge in [0.2, 0.25) is 0 Å². The number of aryl methyl sites for hydroxylation is 2. The minimum Gasteiger partial charge on any atom is -0.368 e. The molecule has 4 nitrogen and oxygen atoms in total. The number of para-hydroxylation sites is 1. The second-order valence-electron chi connectivity index (χ2n) is 6.98. The Morgan fingerprint density at radius 2 is 1.74 bits per heavy atom. The quantitative estimate of drug-likeness (QED) is 0.871. The number of halogens is 1. The minimum absolute atomic E-state index is 0.0634. The second kappa shape index (κ2) is 8.89. The van der Waals surface area contributed by atoms with E-state index in [0.29, 0.717) is 31.6 Å². The zero-order chi connectivity index (χ0) is 19.2. The van der Waals surface area contributed by atoms with Crippen LogP contribution in [-0.4, -0.2) is 43.7 Å². The lowest BCUT2D eigenvalue weighted by Crippen LogP contribution is -2.52. The summed E-state index contributed by atoms with van der Waals surface area (Å²) in [5.74, 6) is -0.217. The Morgan fingerprint density at radius 1 is 1.04 bits per heavy atom. The minimum atomic E-state index is -0.217. The summed E-state index contributed by atoms with van der Waals surface area (Å²) in [7, 11) is 0. The Labute approximate surface area is 161 Å². The highest BCUT2D eigenvalue weighted by Gasteiger charge is 2.23. The summed E-state index contributed by atoms with van der Waals surface area (Å²) in [5.41, 5.74) is 4.60. The summed E-state index contributed by atoms with van der Waals surface area (Å²) in [6.45, 7) is 7.83. The summed E-state index contributed by atoms with van der Waals surface area (Å²) >= 11 is 0. The summed E-state index contributed by atoms with van der Waals surface area (Å²) in [6.07, 6.45) is 1.51. The van der Waals surface area contributed by atoms with Crippen molar-refractivity contribution in [3.05, 3.63) is 65.0 Å². The average Bonchev–Trinajstić information content (AvgIpc) is 2.69. The molecule has 0 spiro atoms. The van der Waals surface area contributed by atoms with Crippen LogP contribution in [0.15, 0.2) is 42.5 Å². The third-order valence-corrected chi connectivity index (χ3v) is 5.21. The van der Waals surface area contributed by atoms with Crippen LogP contribution in [-0.2, 0) is 12.8 Å². The monoisotopic (exact) mass is 369 g/mol. The predicted octanol–water partition coefficient (Wildman–Crippen LogP) is 3.77. The van der Waals surface area contributed by atoms with E-state index in [1.165, 1.54) is 22.9 Å². The number of hydrogen-bond donors (Lipinski definition) is 1. The SMILES string of the molecule is CCc1cccc(C)c1N1CCN(C(=O)NCCc2ccccc2F)CC1. The molecule has 0 atom stereocenters. The standard InChI is InChI=1S/C22H28FN3O/c1-3-18-9-6-7-17(2)21(18)25-13-15-26(16-14-25)22(27)24-12-11-19-8-4-5-10-20(19)23/h4-10H,3,11-16H2,1-2H3,(H,24,27). The van der Waals surface area contributed by atoms with E-state index >= 15 is 0 Å². The molecule has 2 amide bonds. The Balaban J connectivity index is 1.50. The summed E-state index contributed by atoms with van der Waals surface area (Å²) in [5, 5.41) is 2.92. The fraction of sp³-hybridized carbons (Fsp3) is 0.409. The molecule has 0 aromatic heterocycles. The Hall–Kier alpha value is -2.56. The van der Waals surface area contributed by atoms with Crippen molar-refractivity contribution in [2.24, 2.45) is 0 Å². The molecule has 0 aliphatic carbocycles. The molecule has 1 aliphatic rings. The average molecular weight is 369 g/mol. The van der Waals surface area contributed by atoms with E-state index in [0.717, 1.165) is 19.5 Å². The molecule has 0 radical (unpaired) electrons. The van der Waals surface area contributed by atoms with Crippen molar-refractivity contribution in [3.8, 4) is 0 Å². The van der Waals surface area contributed by atoms with Crippen LogP contribution in [0.1, 0.15) is 23.6 Å². The number of piperazine rings is 1. The van der Waals surface area contributed by atoms with Crippen molar-refractivity contribution in [3.63, 3.8) is 0 Å². The van der Waals surface area contributed by atoms with Crippen LogP contribution in [0.25, 0.3) is 0 Å². The van der Waals surface area contributed by atoms with Crippen molar-refractivity contribution in [2.45, 2.75) is 26.7 Å². The first-order chi connectivity index (χ1) is 13.1. The van der Waals surface area contributed by atoms with E-state index in [9.17, 15) is 9.18 Å². The predicted molar refractivity (Wildman–Crippen MR) is 108 cm³/mol. The Morgan fingerprint density at radius 3 is 2.44 bits per heavy atom. The van der Waals surface area contributed by atoms with Gasteiger partial charge in [-0.2, -0.15) is 0 Å². The molecule has 5 heteroatoms. The first kappa shape index (κ1) is 19.2. The number of urea groups is 1. The van der Waals surface area contributed by atoms with E-state index in [1.54, 1.807) is 12.1 Å². The first-order valence-electron chi connectivity index (χ1n) is 9.69. The number of nitrogens with zero attached hydrogens (tertiary/aromatic N) is 2. The largest absolute Gasteiger partial charge is 0.368 e. The summed E-state index contributed by atoms with van der Waals surface area (Å²) < 4.78 is 13.6. The molecule has 1 heterocycles. The van der Waals surface area contributed by atoms with E-state index < -0.39 is 0 Å². The molecule has 2 aromatic rings. The van der Waals surface area contributed by atoms with Gasteiger partial charge in [0.15, 0.2) is 0 Å². The number of anilines is 1. The molecule has 0 bridgehead atoms. The fourth-order valence-electron chi connectivity index (χ4n) is 3.71. The Kier molecular flexibility index (Phi) is 6.32. The van der Waals surface area contributed by atoms with Gasteiger partial charge in [-0.05, 0) is 42.5 Å². The maximum Gasteiger partial charge on any atom is 0.317 e. The van der Waals surface area contributed by atoms with Gasteiger partial charge in [-0.15, -0.1) is 0 Å². The molecule has 1 saturated heterocycles. The van der Waals surface area contributed by atoms with Crippen molar-refractivity contribution in [1.29, 1.82) is 0 Å². The zero-order valence-electron chi connectivity index (χ0n) is 16.2. The van der Waals surface area contributed by atoms with Crippen LogP contribution in [0.3, 0.4) is 0 Å². The van der Waals surface area contributed by atoms with Crippen LogP contribution < -0.4 is 10.2 Å². The lowest BCUT2D eigenvalue weighted by Gasteiger charge is -2.37. The number of amides is 2. The fourth-order valence-corrected chi connectivity index (χ4v) is 3.71. The zero-order valence-corrected chi connectivity index (χ0v) is 16.2. The van der Waals surface area contributed by atoms with Crippen LogP contribution in [0.2, 0.25) is 0 Å². The highest BCUT2D eigenvalue weighted by atomic mass is 19.1. The number of nitrogens with one attached hydrogen (secondary N) is 1. The first-order valence-corrected chi connectivity index (χ1v) is 9.69. The number of rotatable bonds is 5. The molecule has 0 unspecified atom stereocenters. The van der Waals surface area contributed by atoms with Crippen molar-refractivity contribution >= 4 is 11.7 Å². The van der Waals surface area contributed by atoms with Gasteiger partial charge in [-0.1, -0.05) is 43.3 Å². The molecule has 1 fully saturated rings.